The lowest BCUT2D eigenvalue weighted by molar-refractivity contribution is -0.129. The number of benzene rings is 1. The first kappa shape index (κ1) is 20.6. The lowest BCUT2D eigenvalue weighted by atomic mass is 9.93. The zero-order valence-corrected chi connectivity index (χ0v) is 16.0. The molecule has 1 amide bonds. The molecule has 1 aromatic rings. The summed E-state index contributed by atoms with van der Waals surface area (Å²) < 4.78 is 0. The second kappa shape index (κ2) is 11.2. The molecule has 1 fully saturated rings. The smallest absolute Gasteiger partial charge is 0.232 e. The van der Waals surface area contributed by atoms with E-state index in [4.69, 9.17) is 11.6 Å². The summed E-state index contributed by atoms with van der Waals surface area (Å²) in [6.45, 7) is 2.92. The number of piperidine rings is 1. The first-order chi connectivity index (χ1) is 10.7. The molecule has 6 heteroatoms. The van der Waals surface area contributed by atoms with Gasteiger partial charge < -0.3 is 10.2 Å². The Kier molecular flexibility index (Phi) is 10.0. The molecule has 1 saturated heterocycles. The van der Waals surface area contributed by atoms with Crippen LogP contribution in [0.2, 0.25) is 5.02 Å². The van der Waals surface area contributed by atoms with Gasteiger partial charge >= 0.3 is 0 Å². The van der Waals surface area contributed by atoms with Gasteiger partial charge in [0.15, 0.2) is 0 Å². The summed E-state index contributed by atoms with van der Waals surface area (Å²) in [5.74, 6) is 2.45. The topological polar surface area (TPSA) is 32.3 Å². The summed E-state index contributed by atoms with van der Waals surface area (Å²) in [5.41, 5.74) is 1.18. The van der Waals surface area contributed by atoms with Gasteiger partial charge in [-0.2, -0.15) is 0 Å². The second-order valence-corrected chi connectivity index (χ2v) is 7.26. The van der Waals surface area contributed by atoms with Gasteiger partial charge in [-0.05, 0) is 56.5 Å². The first-order valence-electron chi connectivity index (χ1n) is 7.93. The van der Waals surface area contributed by atoms with Crippen LogP contribution in [0.5, 0.6) is 0 Å². The van der Waals surface area contributed by atoms with Gasteiger partial charge in [-0.25, -0.2) is 0 Å². The first-order valence-corrected chi connectivity index (χ1v) is 9.47. The Morgan fingerprint density at radius 2 is 2.13 bits per heavy atom. The number of nitrogens with one attached hydrogen (secondary N) is 1. The van der Waals surface area contributed by atoms with Crippen molar-refractivity contribution in [2.75, 3.05) is 32.4 Å². The minimum Gasteiger partial charge on any atom is -0.342 e. The Morgan fingerprint density at radius 3 is 2.78 bits per heavy atom. The fourth-order valence-corrected chi connectivity index (χ4v) is 3.88. The van der Waals surface area contributed by atoms with Crippen molar-refractivity contribution in [3.63, 3.8) is 0 Å². The molecule has 23 heavy (non-hydrogen) atoms. The molecular weight excluding hydrogens is 351 g/mol. The van der Waals surface area contributed by atoms with Gasteiger partial charge in [0.1, 0.15) is 0 Å². The van der Waals surface area contributed by atoms with Gasteiger partial charge in [0.05, 0.1) is 5.75 Å². The van der Waals surface area contributed by atoms with Crippen LogP contribution in [0, 0.1) is 5.92 Å². The van der Waals surface area contributed by atoms with Crippen LogP contribution in [0.25, 0.3) is 0 Å². The number of carbonyl (C=O) groups is 1. The average molecular weight is 377 g/mol. The van der Waals surface area contributed by atoms with Crippen LogP contribution in [0.4, 0.5) is 0 Å². The Hall–Kier alpha value is -0.420. The Balaban J connectivity index is 0.00000264. The highest BCUT2D eigenvalue weighted by atomic mass is 35.5. The number of nitrogens with zero attached hydrogens (tertiary/aromatic N) is 1. The van der Waals surface area contributed by atoms with E-state index in [1.165, 1.54) is 12.0 Å². The van der Waals surface area contributed by atoms with Crippen LogP contribution in [-0.4, -0.2) is 43.2 Å². The van der Waals surface area contributed by atoms with Gasteiger partial charge in [0, 0.05) is 23.9 Å². The summed E-state index contributed by atoms with van der Waals surface area (Å²) in [4.78, 5) is 14.3. The fraction of sp³-hybridized carbons (Fsp3) is 0.588. The average Bonchev–Trinajstić information content (AvgIpc) is 2.53. The van der Waals surface area contributed by atoms with Crippen molar-refractivity contribution >= 4 is 41.7 Å². The number of halogens is 2. The zero-order valence-electron chi connectivity index (χ0n) is 13.6. The third-order valence-electron chi connectivity index (χ3n) is 4.15. The molecule has 1 aromatic carbocycles. The molecule has 0 atom stereocenters. The molecule has 3 nitrogen and oxygen atoms in total. The second-order valence-electron chi connectivity index (χ2n) is 5.84. The SMILES string of the molecule is CNCCC1CCN(C(=O)CSCc2cccc(Cl)c2)CC1.Cl. The maximum Gasteiger partial charge on any atom is 0.232 e. The van der Waals surface area contributed by atoms with Gasteiger partial charge in [0.25, 0.3) is 0 Å². The molecule has 0 bridgehead atoms. The molecule has 0 unspecified atom stereocenters. The standard InChI is InChI=1S/C17H25ClN2OS.ClH/c1-19-8-5-14-6-9-20(10-7-14)17(21)13-22-12-15-3-2-4-16(18)11-15;/h2-4,11,14,19H,5-10,12-13H2,1H3;1H. The van der Waals surface area contributed by atoms with Crippen molar-refractivity contribution in [1.82, 2.24) is 10.2 Å². The number of hydrogen-bond acceptors (Lipinski definition) is 3. The quantitative estimate of drug-likeness (QED) is 0.784. The summed E-state index contributed by atoms with van der Waals surface area (Å²) in [6.07, 6.45) is 3.51. The van der Waals surface area contributed by atoms with Crippen LogP contribution in [0.15, 0.2) is 24.3 Å². The molecule has 0 radical (unpaired) electrons. The van der Waals surface area contributed by atoms with E-state index in [1.54, 1.807) is 11.8 Å². The highest BCUT2D eigenvalue weighted by molar-refractivity contribution is 7.99. The predicted molar refractivity (Wildman–Crippen MR) is 103 cm³/mol. The maximum atomic E-state index is 12.2. The van der Waals surface area contributed by atoms with Crippen LogP contribution >= 0.6 is 35.8 Å². The summed E-state index contributed by atoms with van der Waals surface area (Å²) in [7, 11) is 2.00. The van der Waals surface area contributed by atoms with E-state index in [-0.39, 0.29) is 18.3 Å². The van der Waals surface area contributed by atoms with Crippen molar-refractivity contribution in [1.29, 1.82) is 0 Å². The van der Waals surface area contributed by atoms with Crippen molar-refractivity contribution in [3.05, 3.63) is 34.9 Å². The molecule has 0 spiro atoms. The van der Waals surface area contributed by atoms with E-state index >= 15 is 0 Å². The number of likely N-dealkylation sites (tertiary alicyclic amines) is 1. The molecule has 1 N–H and O–H groups in total. The van der Waals surface area contributed by atoms with Crippen molar-refractivity contribution in [3.8, 4) is 0 Å². The normalized spacial score (nSPS) is 15.3. The molecule has 0 aromatic heterocycles. The number of rotatable bonds is 7. The molecule has 1 aliphatic rings. The molecule has 1 aliphatic heterocycles. The lowest BCUT2D eigenvalue weighted by Gasteiger charge is -2.32. The summed E-state index contributed by atoms with van der Waals surface area (Å²) in [5, 5.41) is 3.96. The molecule has 2 rings (SSSR count). The summed E-state index contributed by atoms with van der Waals surface area (Å²) in [6, 6.07) is 7.85. The van der Waals surface area contributed by atoms with Gasteiger partial charge in [-0.15, -0.1) is 24.2 Å². The minimum absolute atomic E-state index is 0. The maximum absolute atomic E-state index is 12.2. The Bertz CT molecular complexity index is 479. The highest BCUT2D eigenvalue weighted by Gasteiger charge is 2.22. The van der Waals surface area contributed by atoms with Crippen LogP contribution in [0.1, 0.15) is 24.8 Å². The monoisotopic (exact) mass is 376 g/mol. The number of thioether (sulfide) groups is 1. The van der Waals surface area contributed by atoms with Crippen LogP contribution < -0.4 is 5.32 Å². The van der Waals surface area contributed by atoms with E-state index in [9.17, 15) is 4.79 Å². The van der Waals surface area contributed by atoms with Crippen LogP contribution in [-0.2, 0) is 10.5 Å². The zero-order chi connectivity index (χ0) is 15.8. The molecule has 0 saturated carbocycles. The third kappa shape index (κ3) is 7.34. The predicted octanol–water partition coefficient (Wildman–Crippen LogP) is 3.84. The van der Waals surface area contributed by atoms with Gasteiger partial charge in [-0.3, -0.25) is 4.79 Å². The minimum atomic E-state index is 0. The fourth-order valence-electron chi connectivity index (χ4n) is 2.79. The lowest BCUT2D eigenvalue weighted by Crippen LogP contribution is -2.39. The van der Waals surface area contributed by atoms with E-state index in [2.05, 4.69) is 11.4 Å². The molecular formula is C17H26Cl2N2OS. The molecule has 1 heterocycles. The number of carbonyl (C=O) groups excluding carboxylic acids is 1. The highest BCUT2D eigenvalue weighted by Crippen LogP contribution is 2.21. The third-order valence-corrected chi connectivity index (χ3v) is 5.38. The van der Waals surface area contributed by atoms with Crippen LogP contribution in [0.3, 0.4) is 0 Å². The Labute approximate surface area is 154 Å². The van der Waals surface area contributed by atoms with E-state index in [0.717, 1.165) is 49.2 Å². The number of amides is 1. The molecule has 0 aliphatic carbocycles. The van der Waals surface area contributed by atoms with Crippen molar-refractivity contribution in [2.24, 2.45) is 5.92 Å². The Morgan fingerprint density at radius 1 is 1.39 bits per heavy atom. The van der Waals surface area contributed by atoms with E-state index < -0.39 is 0 Å². The van der Waals surface area contributed by atoms with Gasteiger partial charge in [-0.1, -0.05) is 23.7 Å². The van der Waals surface area contributed by atoms with Crippen molar-refractivity contribution < 1.29 is 4.79 Å². The van der Waals surface area contributed by atoms with Crippen molar-refractivity contribution in [2.45, 2.75) is 25.0 Å². The molecule has 130 valence electrons. The largest absolute Gasteiger partial charge is 0.342 e. The van der Waals surface area contributed by atoms with E-state index in [0.29, 0.717) is 5.75 Å². The summed E-state index contributed by atoms with van der Waals surface area (Å²) >= 11 is 7.64. The van der Waals surface area contributed by atoms with E-state index in [1.807, 2.05) is 30.1 Å². The number of hydrogen-bond donors (Lipinski definition) is 1. The van der Waals surface area contributed by atoms with Gasteiger partial charge in [0.2, 0.25) is 5.91 Å².